The van der Waals surface area contributed by atoms with Crippen LogP contribution in [0.5, 0.6) is 5.75 Å². The summed E-state index contributed by atoms with van der Waals surface area (Å²) in [5.41, 5.74) is 4.17. The van der Waals surface area contributed by atoms with Gasteiger partial charge in [-0.15, -0.1) is 0 Å². The Kier molecular flexibility index (Phi) is 6.81. The first-order chi connectivity index (χ1) is 10.2. The van der Waals surface area contributed by atoms with E-state index in [0.29, 0.717) is 5.92 Å². The SMILES string of the molecule is COc1ccc(Cl)cc1CC(NN)C1CCCCCCC1. The highest BCUT2D eigenvalue weighted by atomic mass is 35.5. The van der Waals surface area contributed by atoms with Crippen LogP contribution in [0.2, 0.25) is 5.02 Å². The third-order valence-corrected chi connectivity index (χ3v) is 4.85. The van der Waals surface area contributed by atoms with Crippen LogP contribution in [-0.4, -0.2) is 13.2 Å². The molecule has 1 aliphatic rings. The van der Waals surface area contributed by atoms with Gasteiger partial charge in [-0.2, -0.15) is 0 Å². The second-order valence-electron chi connectivity index (χ2n) is 6.04. The van der Waals surface area contributed by atoms with E-state index in [1.54, 1.807) is 7.11 Å². The predicted molar refractivity (Wildman–Crippen MR) is 88.6 cm³/mol. The van der Waals surface area contributed by atoms with Crippen LogP contribution in [0.15, 0.2) is 18.2 Å². The summed E-state index contributed by atoms with van der Waals surface area (Å²) in [5, 5.41) is 0.749. The minimum absolute atomic E-state index is 0.287. The minimum Gasteiger partial charge on any atom is -0.496 e. The van der Waals surface area contributed by atoms with Crippen molar-refractivity contribution < 1.29 is 4.74 Å². The molecule has 0 saturated heterocycles. The van der Waals surface area contributed by atoms with Crippen LogP contribution < -0.4 is 16.0 Å². The molecule has 0 spiro atoms. The Bertz CT molecular complexity index is 431. The maximum absolute atomic E-state index is 6.13. The third-order valence-electron chi connectivity index (χ3n) is 4.62. The normalized spacial score (nSPS) is 18.8. The largest absolute Gasteiger partial charge is 0.496 e. The molecule has 1 fully saturated rings. The number of ether oxygens (including phenoxy) is 1. The number of halogens is 1. The molecular weight excluding hydrogens is 284 g/mol. The van der Waals surface area contributed by atoms with E-state index in [-0.39, 0.29) is 6.04 Å². The lowest BCUT2D eigenvalue weighted by atomic mass is 9.83. The summed E-state index contributed by atoms with van der Waals surface area (Å²) in [6, 6.07) is 6.08. The molecule has 118 valence electrons. The molecule has 1 saturated carbocycles. The third kappa shape index (κ3) is 4.87. The average molecular weight is 311 g/mol. The highest BCUT2D eigenvalue weighted by Crippen LogP contribution is 2.29. The van der Waals surface area contributed by atoms with E-state index < -0.39 is 0 Å². The average Bonchev–Trinajstić information content (AvgIpc) is 2.45. The first kappa shape index (κ1) is 16.6. The van der Waals surface area contributed by atoms with Gasteiger partial charge < -0.3 is 4.74 Å². The molecule has 0 radical (unpaired) electrons. The molecule has 0 heterocycles. The van der Waals surface area contributed by atoms with Crippen molar-refractivity contribution in [2.24, 2.45) is 11.8 Å². The van der Waals surface area contributed by atoms with E-state index in [9.17, 15) is 0 Å². The zero-order valence-corrected chi connectivity index (χ0v) is 13.7. The number of methoxy groups -OCH3 is 1. The zero-order chi connectivity index (χ0) is 15.1. The van der Waals surface area contributed by atoms with Gasteiger partial charge in [0.1, 0.15) is 5.75 Å². The Morgan fingerprint density at radius 1 is 1.24 bits per heavy atom. The van der Waals surface area contributed by atoms with Crippen LogP contribution in [-0.2, 0) is 6.42 Å². The lowest BCUT2D eigenvalue weighted by molar-refractivity contribution is 0.283. The van der Waals surface area contributed by atoms with E-state index in [2.05, 4.69) is 5.43 Å². The molecule has 1 atom stereocenters. The van der Waals surface area contributed by atoms with Crippen LogP contribution in [0.1, 0.15) is 50.5 Å². The molecule has 3 N–H and O–H groups in total. The standard InChI is InChI=1S/C17H27ClN2O/c1-21-17-10-9-15(18)11-14(17)12-16(20-19)13-7-5-3-2-4-6-8-13/h9-11,13,16,20H,2-8,12,19H2,1H3. The van der Waals surface area contributed by atoms with Crippen molar-refractivity contribution in [2.45, 2.75) is 57.4 Å². The van der Waals surface area contributed by atoms with Gasteiger partial charge >= 0.3 is 0 Å². The van der Waals surface area contributed by atoms with E-state index in [0.717, 1.165) is 22.8 Å². The van der Waals surface area contributed by atoms with Crippen molar-refractivity contribution in [1.82, 2.24) is 5.43 Å². The van der Waals surface area contributed by atoms with Crippen LogP contribution in [0.4, 0.5) is 0 Å². The molecule has 21 heavy (non-hydrogen) atoms. The first-order valence-electron chi connectivity index (χ1n) is 8.03. The van der Waals surface area contributed by atoms with Gasteiger partial charge in [-0.3, -0.25) is 11.3 Å². The smallest absolute Gasteiger partial charge is 0.122 e. The molecule has 3 nitrogen and oxygen atoms in total. The number of nitrogens with two attached hydrogens (primary N) is 1. The quantitative estimate of drug-likeness (QED) is 0.636. The van der Waals surface area contributed by atoms with E-state index in [1.807, 2.05) is 18.2 Å². The highest BCUT2D eigenvalue weighted by Gasteiger charge is 2.22. The molecule has 2 rings (SSSR count). The fraction of sp³-hybridized carbons (Fsp3) is 0.647. The lowest BCUT2D eigenvalue weighted by Crippen LogP contribution is -2.42. The van der Waals surface area contributed by atoms with E-state index in [1.165, 1.54) is 44.9 Å². The van der Waals surface area contributed by atoms with Crippen molar-refractivity contribution in [3.63, 3.8) is 0 Å². The second kappa shape index (κ2) is 8.62. The summed E-state index contributed by atoms with van der Waals surface area (Å²) in [7, 11) is 1.70. The maximum Gasteiger partial charge on any atom is 0.122 e. The maximum atomic E-state index is 6.13. The van der Waals surface area contributed by atoms with Crippen LogP contribution in [0, 0.1) is 5.92 Å². The molecule has 4 heteroatoms. The summed E-state index contributed by atoms with van der Waals surface area (Å²) in [5.74, 6) is 7.38. The van der Waals surface area contributed by atoms with Crippen molar-refractivity contribution in [3.8, 4) is 5.75 Å². The zero-order valence-electron chi connectivity index (χ0n) is 12.9. The molecule has 0 bridgehead atoms. The van der Waals surface area contributed by atoms with E-state index in [4.69, 9.17) is 22.2 Å². The summed E-state index contributed by atoms with van der Waals surface area (Å²) in [6.45, 7) is 0. The topological polar surface area (TPSA) is 47.3 Å². The monoisotopic (exact) mass is 310 g/mol. The Morgan fingerprint density at radius 2 is 1.90 bits per heavy atom. The first-order valence-corrected chi connectivity index (χ1v) is 8.41. The fourth-order valence-corrected chi connectivity index (χ4v) is 3.59. The van der Waals surface area contributed by atoms with Crippen molar-refractivity contribution in [2.75, 3.05) is 7.11 Å². The Morgan fingerprint density at radius 3 is 2.52 bits per heavy atom. The number of hydrogen-bond acceptors (Lipinski definition) is 3. The molecule has 0 aromatic heterocycles. The van der Waals surface area contributed by atoms with Gasteiger partial charge in [0.15, 0.2) is 0 Å². The van der Waals surface area contributed by atoms with Crippen LogP contribution >= 0.6 is 11.6 Å². The Balaban J connectivity index is 2.08. The van der Waals surface area contributed by atoms with E-state index >= 15 is 0 Å². The van der Waals surface area contributed by atoms with Crippen molar-refractivity contribution >= 4 is 11.6 Å². The number of nitrogens with one attached hydrogen (secondary N) is 1. The summed E-state index contributed by atoms with van der Waals surface area (Å²) in [6.07, 6.45) is 10.1. The number of rotatable bonds is 5. The molecule has 0 amide bonds. The summed E-state index contributed by atoms with van der Waals surface area (Å²) < 4.78 is 5.45. The van der Waals surface area contributed by atoms with Gasteiger partial charge in [-0.25, -0.2) is 0 Å². The molecule has 1 aromatic rings. The van der Waals surface area contributed by atoms with Gasteiger partial charge in [-0.05, 0) is 48.9 Å². The van der Waals surface area contributed by atoms with Gasteiger partial charge in [-0.1, -0.05) is 43.7 Å². The lowest BCUT2D eigenvalue weighted by Gasteiger charge is -2.28. The fourth-order valence-electron chi connectivity index (χ4n) is 3.40. The number of hydrogen-bond donors (Lipinski definition) is 2. The van der Waals surface area contributed by atoms with Crippen molar-refractivity contribution in [3.05, 3.63) is 28.8 Å². The minimum atomic E-state index is 0.287. The van der Waals surface area contributed by atoms with Crippen LogP contribution in [0.3, 0.4) is 0 Å². The van der Waals surface area contributed by atoms with Gasteiger partial charge in [0, 0.05) is 11.1 Å². The molecule has 1 aliphatic carbocycles. The number of hydrazine groups is 1. The molecule has 1 aromatic carbocycles. The predicted octanol–water partition coefficient (Wildman–Crippen LogP) is 4.08. The van der Waals surface area contributed by atoms with Crippen LogP contribution in [0.25, 0.3) is 0 Å². The molecule has 0 aliphatic heterocycles. The number of benzene rings is 1. The van der Waals surface area contributed by atoms with Crippen molar-refractivity contribution in [1.29, 1.82) is 0 Å². The van der Waals surface area contributed by atoms with Gasteiger partial charge in [0.05, 0.1) is 7.11 Å². The second-order valence-corrected chi connectivity index (χ2v) is 6.48. The summed E-state index contributed by atoms with van der Waals surface area (Å²) >= 11 is 6.13. The Labute approximate surface area is 133 Å². The van der Waals surface area contributed by atoms with Gasteiger partial charge in [0.2, 0.25) is 0 Å². The van der Waals surface area contributed by atoms with Gasteiger partial charge in [0.25, 0.3) is 0 Å². The summed E-state index contributed by atoms with van der Waals surface area (Å²) in [4.78, 5) is 0. The molecule has 1 unspecified atom stereocenters. The molecular formula is C17H27ClN2O. The Hall–Kier alpha value is -0.770. The highest BCUT2D eigenvalue weighted by molar-refractivity contribution is 6.30.